The van der Waals surface area contributed by atoms with E-state index in [0.29, 0.717) is 5.95 Å². The Bertz CT molecular complexity index is 711. The molecule has 0 fully saturated rings. The number of aromatic nitrogens is 3. The number of anilines is 2. The number of nitrogens with zero attached hydrogens (tertiary/aromatic N) is 3. The smallest absolute Gasteiger partial charge is 0.227 e. The standard InChI is InChI=1S/C16H14N4.C2H6/c1-12-5-2-3-7-14(12)19-16-18-10-8-15(20-16)13-6-4-9-17-11-13;1-2/h2-11H,1H3,(H,18,19,20);1-2H3. The van der Waals surface area contributed by atoms with Crippen LogP contribution in [0.15, 0.2) is 61.1 Å². The van der Waals surface area contributed by atoms with Gasteiger partial charge in [0.15, 0.2) is 0 Å². The highest BCUT2D eigenvalue weighted by Crippen LogP contribution is 2.20. The summed E-state index contributed by atoms with van der Waals surface area (Å²) in [7, 11) is 0. The van der Waals surface area contributed by atoms with Crippen molar-refractivity contribution in [1.29, 1.82) is 0 Å². The van der Waals surface area contributed by atoms with E-state index in [9.17, 15) is 0 Å². The molecule has 2 heterocycles. The van der Waals surface area contributed by atoms with Crippen molar-refractivity contribution in [3.63, 3.8) is 0 Å². The van der Waals surface area contributed by atoms with Gasteiger partial charge in [0.1, 0.15) is 0 Å². The molecule has 0 spiro atoms. The van der Waals surface area contributed by atoms with Crippen molar-refractivity contribution in [2.45, 2.75) is 20.8 Å². The number of nitrogens with one attached hydrogen (secondary N) is 1. The van der Waals surface area contributed by atoms with Crippen molar-refractivity contribution >= 4 is 11.6 Å². The second-order valence-electron chi connectivity index (χ2n) is 4.45. The van der Waals surface area contributed by atoms with Gasteiger partial charge in [-0.2, -0.15) is 0 Å². The molecule has 0 unspecified atom stereocenters. The Kier molecular flexibility index (Phi) is 5.60. The first-order valence-corrected chi connectivity index (χ1v) is 7.39. The van der Waals surface area contributed by atoms with E-state index in [1.165, 1.54) is 0 Å². The van der Waals surface area contributed by atoms with Crippen LogP contribution in [0.4, 0.5) is 11.6 Å². The molecule has 3 aromatic rings. The molecular formula is C18H20N4. The molecule has 0 amide bonds. The van der Waals surface area contributed by atoms with Crippen LogP contribution in [0.1, 0.15) is 19.4 Å². The normalized spacial score (nSPS) is 9.59. The van der Waals surface area contributed by atoms with Crippen LogP contribution in [0.3, 0.4) is 0 Å². The summed E-state index contributed by atoms with van der Waals surface area (Å²) in [6, 6.07) is 13.8. The number of aryl methyl sites for hydroxylation is 1. The van der Waals surface area contributed by atoms with E-state index in [4.69, 9.17) is 0 Å². The maximum atomic E-state index is 4.52. The highest BCUT2D eigenvalue weighted by atomic mass is 15.1. The molecule has 3 rings (SSSR count). The molecule has 4 nitrogen and oxygen atoms in total. The molecule has 0 radical (unpaired) electrons. The minimum Gasteiger partial charge on any atom is -0.324 e. The van der Waals surface area contributed by atoms with E-state index < -0.39 is 0 Å². The average molecular weight is 292 g/mol. The van der Waals surface area contributed by atoms with Gasteiger partial charge in [-0.15, -0.1) is 0 Å². The predicted octanol–water partition coefficient (Wildman–Crippen LogP) is 4.62. The van der Waals surface area contributed by atoms with E-state index >= 15 is 0 Å². The Morgan fingerprint density at radius 1 is 0.909 bits per heavy atom. The molecule has 0 aliphatic heterocycles. The summed E-state index contributed by atoms with van der Waals surface area (Å²) >= 11 is 0. The zero-order valence-corrected chi connectivity index (χ0v) is 13.1. The zero-order chi connectivity index (χ0) is 15.8. The number of hydrogen-bond acceptors (Lipinski definition) is 4. The van der Waals surface area contributed by atoms with Crippen molar-refractivity contribution in [1.82, 2.24) is 15.0 Å². The molecule has 0 aliphatic rings. The van der Waals surface area contributed by atoms with Gasteiger partial charge in [0.05, 0.1) is 5.69 Å². The quantitative estimate of drug-likeness (QED) is 0.765. The highest BCUT2D eigenvalue weighted by molar-refractivity contribution is 5.62. The van der Waals surface area contributed by atoms with Gasteiger partial charge < -0.3 is 5.32 Å². The third-order valence-electron chi connectivity index (χ3n) is 3.00. The average Bonchev–Trinajstić information content (AvgIpc) is 2.60. The van der Waals surface area contributed by atoms with Gasteiger partial charge in [0.2, 0.25) is 5.95 Å². The van der Waals surface area contributed by atoms with Crippen molar-refractivity contribution < 1.29 is 0 Å². The SMILES string of the molecule is CC.Cc1ccccc1Nc1nccc(-c2cccnc2)n1. The lowest BCUT2D eigenvalue weighted by atomic mass is 10.2. The molecule has 0 saturated carbocycles. The second kappa shape index (κ2) is 7.88. The lowest BCUT2D eigenvalue weighted by molar-refractivity contribution is 1.16. The Morgan fingerprint density at radius 3 is 2.45 bits per heavy atom. The number of rotatable bonds is 3. The number of para-hydroxylation sites is 1. The van der Waals surface area contributed by atoms with Crippen LogP contribution in [-0.2, 0) is 0 Å². The fraction of sp³-hybridized carbons (Fsp3) is 0.167. The topological polar surface area (TPSA) is 50.7 Å². The molecule has 0 atom stereocenters. The van der Waals surface area contributed by atoms with E-state index in [2.05, 4.69) is 20.3 Å². The van der Waals surface area contributed by atoms with Crippen molar-refractivity contribution in [3.8, 4) is 11.3 Å². The van der Waals surface area contributed by atoms with Crippen LogP contribution in [-0.4, -0.2) is 15.0 Å². The van der Waals surface area contributed by atoms with Crippen LogP contribution >= 0.6 is 0 Å². The summed E-state index contributed by atoms with van der Waals surface area (Å²) in [6.45, 7) is 6.05. The summed E-state index contributed by atoms with van der Waals surface area (Å²) < 4.78 is 0. The first-order chi connectivity index (χ1) is 10.8. The molecule has 0 bridgehead atoms. The summed E-state index contributed by atoms with van der Waals surface area (Å²) in [4.78, 5) is 12.9. The first kappa shape index (κ1) is 15.6. The summed E-state index contributed by atoms with van der Waals surface area (Å²) in [5, 5.41) is 3.24. The molecular weight excluding hydrogens is 272 g/mol. The lowest BCUT2D eigenvalue weighted by Gasteiger charge is -2.08. The minimum atomic E-state index is 0.584. The first-order valence-electron chi connectivity index (χ1n) is 7.39. The molecule has 22 heavy (non-hydrogen) atoms. The summed E-state index contributed by atoms with van der Waals surface area (Å²) in [6.07, 6.45) is 5.28. The number of pyridine rings is 1. The molecule has 0 saturated heterocycles. The third-order valence-corrected chi connectivity index (χ3v) is 3.00. The lowest BCUT2D eigenvalue weighted by Crippen LogP contribution is -1.99. The van der Waals surface area contributed by atoms with E-state index in [1.807, 2.05) is 63.2 Å². The Hall–Kier alpha value is -2.75. The summed E-state index contributed by atoms with van der Waals surface area (Å²) in [5.74, 6) is 0.584. The van der Waals surface area contributed by atoms with Crippen LogP contribution in [0, 0.1) is 6.92 Å². The molecule has 4 heteroatoms. The predicted molar refractivity (Wildman–Crippen MR) is 91.1 cm³/mol. The second-order valence-corrected chi connectivity index (χ2v) is 4.45. The molecule has 2 aromatic heterocycles. The van der Waals surface area contributed by atoms with Gasteiger partial charge in [-0.05, 0) is 36.8 Å². The Morgan fingerprint density at radius 2 is 1.73 bits per heavy atom. The Labute approximate surface area is 131 Å². The maximum absolute atomic E-state index is 4.52. The van der Waals surface area contributed by atoms with Crippen LogP contribution in [0.2, 0.25) is 0 Å². The molecule has 1 aromatic carbocycles. The number of benzene rings is 1. The van der Waals surface area contributed by atoms with E-state index in [1.54, 1.807) is 18.6 Å². The van der Waals surface area contributed by atoms with Gasteiger partial charge in [-0.1, -0.05) is 32.0 Å². The van der Waals surface area contributed by atoms with Crippen molar-refractivity contribution in [2.75, 3.05) is 5.32 Å². The Balaban J connectivity index is 0.000000847. The molecule has 1 N–H and O–H groups in total. The fourth-order valence-electron chi connectivity index (χ4n) is 1.93. The van der Waals surface area contributed by atoms with E-state index in [-0.39, 0.29) is 0 Å². The molecule has 0 aliphatic carbocycles. The van der Waals surface area contributed by atoms with Crippen LogP contribution in [0.5, 0.6) is 0 Å². The van der Waals surface area contributed by atoms with Gasteiger partial charge in [0, 0.05) is 29.8 Å². The van der Waals surface area contributed by atoms with Gasteiger partial charge in [-0.25, -0.2) is 9.97 Å². The highest BCUT2D eigenvalue weighted by Gasteiger charge is 2.03. The van der Waals surface area contributed by atoms with E-state index in [0.717, 1.165) is 22.5 Å². The van der Waals surface area contributed by atoms with Gasteiger partial charge in [-0.3, -0.25) is 4.98 Å². The largest absolute Gasteiger partial charge is 0.324 e. The summed E-state index contributed by atoms with van der Waals surface area (Å²) in [5.41, 5.74) is 3.99. The fourth-order valence-corrected chi connectivity index (χ4v) is 1.93. The minimum absolute atomic E-state index is 0.584. The van der Waals surface area contributed by atoms with Crippen molar-refractivity contribution in [3.05, 3.63) is 66.6 Å². The van der Waals surface area contributed by atoms with Crippen molar-refractivity contribution in [2.24, 2.45) is 0 Å². The molecule has 112 valence electrons. The van der Waals surface area contributed by atoms with Gasteiger partial charge in [0.25, 0.3) is 0 Å². The monoisotopic (exact) mass is 292 g/mol. The van der Waals surface area contributed by atoms with Crippen LogP contribution in [0.25, 0.3) is 11.3 Å². The zero-order valence-electron chi connectivity index (χ0n) is 13.1. The third kappa shape index (κ3) is 3.88. The number of hydrogen-bond donors (Lipinski definition) is 1. The maximum Gasteiger partial charge on any atom is 0.227 e. The van der Waals surface area contributed by atoms with Crippen LogP contribution < -0.4 is 5.32 Å². The van der Waals surface area contributed by atoms with Gasteiger partial charge >= 0.3 is 0 Å².